The largest absolute Gasteiger partial charge is 0.508 e. The first-order chi connectivity index (χ1) is 16.5. The minimum Gasteiger partial charge on any atom is -0.508 e. The number of ether oxygens (including phenoxy) is 1. The predicted molar refractivity (Wildman–Crippen MR) is 135 cm³/mol. The van der Waals surface area contributed by atoms with Crippen molar-refractivity contribution in [2.24, 2.45) is 0 Å². The molecule has 2 aliphatic heterocycles. The van der Waals surface area contributed by atoms with Crippen LogP contribution >= 0.6 is 11.6 Å². The number of benzene rings is 3. The average Bonchev–Trinajstić information content (AvgIpc) is 3.49. The van der Waals surface area contributed by atoms with Gasteiger partial charge in [-0.25, -0.2) is 4.39 Å². The first-order valence-electron chi connectivity index (χ1n) is 11.5. The molecule has 2 unspecified atom stereocenters. The smallest absolute Gasteiger partial charge is 0.318 e. The molecule has 6 nitrogen and oxygen atoms in total. The molecule has 3 aromatic carbocycles. The molecular weight excluding hydrogens is 455 g/mol. The predicted octanol–water partition coefficient (Wildman–Crippen LogP) is 5.53. The molecule has 2 saturated heterocycles. The highest BCUT2D eigenvalue weighted by Gasteiger charge is 2.39. The number of nitrogens with zero attached hydrogens (tertiary/aromatic N) is 3. The summed E-state index contributed by atoms with van der Waals surface area (Å²) in [6.45, 7) is 5.65. The maximum Gasteiger partial charge on any atom is 0.318 e. The first kappa shape index (κ1) is 22.6. The van der Waals surface area contributed by atoms with Crippen LogP contribution in [-0.2, 0) is 0 Å². The summed E-state index contributed by atoms with van der Waals surface area (Å²) in [5.74, 6) is 0.109. The van der Waals surface area contributed by atoms with Crippen molar-refractivity contribution in [1.29, 1.82) is 0 Å². The average molecular weight is 481 g/mol. The van der Waals surface area contributed by atoms with E-state index < -0.39 is 5.82 Å². The minimum absolute atomic E-state index is 0.0378. The maximum absolute atomic E-state index is 16.1. The highest BCUT2D eigenvalue weighted by atomic mass is 35.5. The Morgan fingerprint density at radius 3 is 2.65 bits per heavy atom. The van der Waals surface area contributed by atoms with E-state index in [-0.39, 0.29) is 27.9 Å². The number of hydrogen-bond acceptors (Lipinski definition) is 6. The van der Waals surface area contributed by atoms with E-state index in [1.165, 1.54) is 13.2 Å². The molecule has 1 aromatic heterocycles. The summed E-state index contributed by atoms with van der Waals surface area (Å²) >= 11 is 6.69. The Labute approximate surface area is 202 Å². The van der Waals surface area contributed by atoms with Crippen LogP contribution in [0.2, 0.25) is 5.02 Å². The van der Waals surface area contributed by atoms with Gasteiger partial charge >= 0.3 is 6.01 Å². The summed E-state index contributed by atoms with van der Waals surface area (Å²) in [5, 5.41) is 16.1. The fraction of sp³-hybridized carbons (Fsp3) is 0.308. The van der Waals surface area contributed by atoms with Gasteiger partial charge in [0, 0.05) is 36.1 Å². The van der Waals surface area contributed by atoms with E-state index in [9.17, 15) is 5.11 Å². The molecule has 0 saturated carbocycles. The molecule has 0 spiro atoms. The summed E-state index contributed by atoms with van der Waals surface area (Å²) in [7, 11) is 1.47. The molecule has 6 rings (SSSR count). The Bertz CT molecular complexity index is 1400. The summed E-state index contributed by atoms with van der Waals surface area (Å²) in [4.78, 5) is 11.1. The van der Waals surface area contributed by atoms with Gasteiger partial charge in [0.1, 0.15) is 17.1 Å². The highest BCUT2D eigenvalue weighted by Crippen LogP contribution is 2.43. The van der Waals surface area contributed by atoms with Gasteiger partial charge < -0.3 is 20.1 Å². The van der Waals surface area contributed by atoms with Crippen LogP contribution in [0.3, 0.4) is 0 Å². The van der Waals surface area contributed by atoms with E-state index in [4.69, 9.17) is 16.3 Å². The van der Waals surface area contributed by atoms with Crippen LogP contribution in [0.5, 0.6) is 11.8 Å². The number of fused-ring (bicyclic) bond motifs is 4. The van der Waals surface area contributed by atoms with Crippen LogP contribution in [0.15, 0.2) is 42.5 Å². The standard InChI is InChI=1S/C24H20ClFN4O2.C2H6/c1-32-24-28-22-18(23(29-24)30-11-13-7-14(30)10-27-13)9-19(25)20(21(22)26)17-8-15(31)6-12-4-2-3-5-16(12)17;1-2/h2-6,8-9,13-14,27,31H,7,10-11H2,1H3;1-2H3. The zero-order valence-electron chi connectivity index (χ0n) is 19.3. The first-order valence-corrected chi connectivity index (χ1v) is 11.9. The second-order valence-electron chi connectivity index (χ2n) is 8.34. The Hall–Kier alpha value is -3.16. The van der Waals surface area contributed by atoms with Crippen molar-refractivity contribution in [2.45, 2.75) is 32.4 Å². The molecule has 176 valence electrons. The third-order valence-corrected chi connectivity index (χ3v) is 6.77. The summed E-state index contributed by atoms with van der Waals surface area (Å²) in [5.41, 5.74) is 0.852. The van der Waals surface area contributed by atoms with Crippen LogP contribution in [0.1, 0.15) is 20.3 Å². The van der Waals surface area contributed by atoms with Gasteiger partial charge in [-0.2, -0.15) is 9.97 Å². The number of hydrogen-bond donors (Lipinski definition) is 2. The lowest BCUT2D eigenvalue weighted by Crippen LogP contribution is -2.44. The Balaban J connectivity index is 0.00000117. The Morgan fingerprint density at radius 1 is 1.15 bits per heavy atom. The second-order valence-corrected chi connectivity index (χ2v) is 8.75. The second kappa shape index (κ2) is 8.89. The Kier molecular flexibility index (Phi) is 5.91. The van der Waals surface area contributed by atoms with Crippen LogP contribution in [0.4, 0.5) is 10.2 Å². The topological polar surface area (TPSA) is 70.5 Å². The number of phenolic OH excluding ortho intramolecular Hbond substituents is 1. The van der Waals surface area contributed by atoms with Crippen LogP contribution in [0, 0.1) is 5.82 Å². The molecule has 3 heterocycles. The van der Waals surface area contributed by atoms with Gasteiger partial charge in [0.15, 0.2) is 5.82 Å². The third kappa shape index (κ3) is 3.60. The SMILES string of the molecule is CC.COc1nc(N2CC3CC2CN3)c2cc(Cl)c(-c3cc(O)cc4ccccc34)c(F)c2n1. The third-order valence-electron chi connectivity index (χ3n) is 6.47. The van der Waals surface area contributed by atoms with Crippen LogP contribution in [-0.4, -0.2) is 47.4 Å². The van der Waals surface area contributed by atoms with Gasteiger partial charge in [0.05, 0.1) is 12.1 Å². The summed E-state index contributed by atoms with van der Waals surface area (Å²) < 4.78 is 21.4. The molecule has 2 aliphatic rings. The van der Waals surface area contributed by atoms with Gasteiger partial charge in [-0.05, 0) is 41.0 Å². The van der Waals surface area contributed by atoms with Gasteiger partial charge in [0.2, 0.25) is 0 Å². The summed E-state index contributed by atoms with van der Waals surface area (Å²) in [6.07, 6.45) is 1.03. The zero-order chi connectivity index (χ0) is 24.0. The molecule has 0 amide bonds. The molecular formula is C26H26ClFN4O2. The van der Waals surface area contributed by atoms with Crippen molar-refractivity contribution in [3.05, 3.63) is 53.3 Å². The number of rotatable bonds is 3. The van der Waals surface area contributed by atoms with E-state index >= 15 is 4.39 Å². The van der Waals surface area contributed by atoms with Crippen molar-refractivity contribution in [3.63, 3.8) is 0 Å². The van der Waals surface area contributed by atoms with E-state index in [1.54, 1.807) is 12.1 Å². The van der Waals surface area contributed by atoms with Crippen LogP contribution < -0.4 is 15.0 Å². The van der Waals surface area contributed by atoms with Gasteiger partial charge in [-0.15, -0.1) is 0 Å². The molecule has 2 bridgehead atoms. The van der Waals surface area contributed by atoms with Gasteiger partial charge in [-0.3, -0.25) is 0 Å². The molecule has 2 N–H and O–H groups in total. The molecule has 0 aliphatic carbocycles. The lowest BCUT2D eigenvalue weighted by molar-refractivity contribution is 0.381. The lowest BCUT2D eigenvalue weighted by atomic mass is 9.96. The van der Waals surface area contributed by atoms with E-state index in [0.29, 0.717) is 28.9 Å². The molecule has 2 fully saturated rings. The normalized spacial score (nSPS) is 18.9. The van der Waals surface area contributed by atoms with E-state index in [1.807, 2.05) is 38.1 Å². The number of aromatic nitrogens is 2. The monoisotopic (exact) mass is 480 g/mol. The molecule has 8 heteroatoms. The molecule has 4 aromatic rings. The number of aromatic hydroxyl groups is 1. The fourth-order valence-corrected chi connectivity index (χ4v) is 5.33. The molecule has 2 atom stereocenters. The summed E-state index contributed by atoms with van der Waals surface area (Å²) in [6, 6.07) is 13.2. The quantitative estimate of drug-likeness (QED) is 0.401. The zero-order valence-corrected chi connectivity index (χ0v) is 20.0. The number of halogens is 2. The number of phenols is 1. The number of piperazine rings is 1. The van der Waals surface area contributed by atoms with Crippen molar-refractivity contribution in [3.8, 4) is 22.9 Å². The van der Waals surface area contributed by atoms with Gasteiger partial charge in [-0.1, -0.05) is 49.7 Å². The minimum atomic E-state index is -0.562. The van der Waals surface area contributed by atoms with Gasteiger partial charge in [0.25, 0.3) is 0 Å². The maximum atomic E-state index is 16.1. The van der Waals surface area contributed by atoms with E-state index in [0.717, 1.165) is 30.3 Å². The van der Waals surface area contributed by atoms with Crippen molar-refractivity contribution < 1.29 is 14.2 Å². The fourth-order valence-electron chi connectivity index (χ4n) is 5.04. The van der Waals surface area contributed by atoms with Crippen molar-refractivity contribution in [1.82, 2.24) is 15.3 Å². The number of methoxy groups -OCH3 is 1. The van der Waals surface area contributed by atoms with E-state index in [2.05, 4.69) is 20.2 Å². The van der Waals surface area contributed by atoms with Crippen molar-refractivity contribution in [2.75, 3.05) is 25.1 Å². The highest BCUT2D eigenvalue weighted by molar-refractivity contribution is 6.35. The Morgan fingerprint density at radius 2 is 1.94 bits per heavy atom. The number of nitrogens with one attached hydrogen (secondary N) is 1. The molecule has 34 heavy (non-hydrogen) atoms. The molecule has 0 radical (unpaired) electrons. The lowest BCUT2D eigenvalue weighted by Gasteiger charge is -2.29. The van der Waals surface area contributed by atoms with Crippen molar-refractivity contribution >= 4 is 39.1 Å². The number of anilines is 1. The van der Waals surface area contributed by atoms with Crippen LogP contribution in [0.25, 0.3) is 32.8 Å².